The van der Waals surface area contributed by atoms with Gasteiger partial charge in [-0.05, 0) is 42.5 Å². The Balaban J connectivity index is 1.59. The first-order valence-corrected chi connectivity index (χ1v) is 14.6. The average molecular weight is 577 g/mol. The van der Waals surface area contributed by atoms with Crippen LogP contribution in [0.3, 0.4) is 0 Å². The van der Waals surface area contributed by atoms with Gasteiger partial charge in [0.25, 0.3) is 15.9 Å². The molecule has 0 spiro atoms. The molecule has 1 aliphatic heterocycles. The van der Waals surface area contributed by atoms with Crippen molar-refractivity contribution in [2.45, 2.75) is 9.10 Å². The van der Waals surface area contributed by atoms with Gasteiger partial charge in [-0.3, -0.25) is 9.52 Å². The van der Waals surface area contributed by atoms with Crippen molar-refractivity contribution in [2.24, 2.45) is 0 Å². The minimum absolute atomic E-state index is 0.00614. The number of halogens is 2. The summed E-state index contributed by atoms with van der Waals surface area (Å²) in [7, 11) is -7.88. The molecule has 0 bridgehead atoms. The maximum atomic E-state index is 13.1. The zero-order chi connectivity index (χ0) is 25.2. The molecule has 1 fully saturated rings. The number of rotatable bonds is 7. The number of amides is 1. The molecule has 3 aromatic rings. The molecule has 35 heavy (non-hydrogen) atoms. The van der Waals surface area contributed by atoms with Gasteiger partial charge in [0.15, 0.2) is 0 Å². The molecule has 1 amide bonds. The summed E-state index contributed by atoms with van der Waals surface area (Å²) in [5.41, 5.74) is 0.254. The number of nitrogens with one attached hydrogen (secondary N) is 2. The number of ether oxygens (including phenoxy) is 1. The van der Waals surface area contributed by atoms with E-state index in [0.29, 0.717) is 4.34 Å². The number of benzene rings is 2. The highest BCUT2D eigenvalue weighted by Gasteiger charge is 2.29. The summed E-state index contributed by atoms with van der Waals surface area (Å²) >= 11 is 12.9. The maximum Gasteiger partial charge on any atom is 0.271 e. The van der Waals surface area contributed by atoms with Crippen LogP contribution in [-0.2, 0) is 24.8 Å². The van der Waals surface area contributed by atoms with Gasteiger partial charge in [0.1, 0.15) is 9.10 Å². The Morgan fingerprint density at radius 2 is 1.69 bits per heavy atom. The van der Waals surface area contributed by atoms with E-state index in [1.165, 1.54) is 46.8 Å². The van der Waals surface area contributed by atoms with E-state index < -0.39 is 26.0 Å². The summed E-state index contributed by atoms with van der Waals surface area (Å²) < 4.78 is 60.7. The van der Waals surface area contributed by atoms with Crippen LogP contribution in [-0.4, -0.2) is 53.4 Å². The van der Waals surface area contributed by atoms with Crippen LogP contribution >= 0.6 is 34.5 Å². The van der Waals surface area contributed by atoms with E-state index in [-0.39, 0.29) is 57.4 Å². The van der Waals surface area contributed by atoms with Crippen LogP contribution in [0.4, 0.5) is 11.4 Å². The molecule has 2 aromatic carbocycles. The lowest BCUT2D eigenvalue weighted by atomic mass is 10.1. The number of sulfonamides is 2. The monoisotopic (exact) mass is 575 g/mol. The van der Waals surface area contributed by atoms with Gasteiger partial charge in [0.05, 0.1) is 33.8 Å². The third-order valence-corrected chi connectivity index (χ3v) is 10.5. The second kappa shape index (κ2) is 10.4. The van der Waals surface area contributed by atoms with Crippen LogP contribution in [0.15, 0.2) is 63.7 Å². The Morgan fingerprint density at radius 3 is 2.37 bits per heavy atom. The van der Waals surface area contributed by atoms with Crippen molar-refractivity contribution in [3.63, 3.8) is 0 Å². The van der Waals surface area contributed by atoms with Gasteiger partial charge in [-0.1, -0.05) is 35.3 Å². The number of hydrogen-bond donors (Lipinski definition) is 2. The zero-order valence-corrected chi connectivity index (χ0v) is 21.9. The zero-order valence-electron chi connectivity index (χ0n) is 17.9. The van der Waals surface area contributed by atoms with E-state index >= 15 is 0 Å². The van der Waals surface area contributed by atoms with Crippen LogP contribution in [0, 0.1) is 0 Å². The van der Waals surface area contributed by atoms with Gasteiger partial charge in [-0.15, -0.1) is 11.3 Å². The summed E-state index contributed by atoms with van der Waals surface area (Å²) in [6.07, 6.45) is 0. The number of carbonyl (C=O) groups is 1. The summed E-state index contributed by atoms with van der Waals surface area (Å²) in [6, 6.07) is 13.0. The Hall–Kier alpha value is -2.19. The Morgan fingerprint density at radius 1 is 0.971 bits per heavy atom. The van der Waals surface area contributed by atoms with Gasteiger partial charge in [0.2, 0.25) is 10.0 Å². The smallest absolute Gasteiger partial charge is 0.271 e. The van der Waals surface area contributed by atoms with Gasteiger partial charge in [0, 0.05) is 18.8 Å². The number of hydrogen-bond acceptors (Lipinski definition) is 7. The molecule has 0 aliphatic carbocycles. The molecule has 0 unspecified atom stereocenters. The van der Waals surface area contributed by atoms with Crippen LogP contribution in [0.1, 0.15) is 10.4 Å². The van der Waals surface area contributed by atoms with E-state index in [9.17, 15) is 21.6 Å². The standard InChI is InChI=1S/C21H19Cl2N3O6S3/c22-16-6-5-14(13-18(16)35(30,31)26-9-11-32-12-10-26)24-21(27)15-3-1-2-4-17(15)25-34(28,29)20-8-7-19(23)33-20/h1-8,13,25H,9-12H2,(H,24,27). The molecule has 9 nitrogen and oxygen atoms in total. The highest BCUT2D eigenvalue weighted by Crippen LogP contribution is 2.30. The van der Waals surface area contributed by atoms with Gasteiger partial charge < -0.3 is 10.1 Å². The minimum Gasteiger partial charge on any atom is -0.379 e. The second-order valence-electron chi connectivity index (χ2n) is 7.33. The third kappa shape index (κ3) is 5.80. The molecule has 0 radical (unpaired) electrons. The molecule has 2 heterocycles. The number of thiophene rings is 1. The Bertz CT molecular complexity index is 1470. The highest BCUT2D eigenvalue weighted by molar-refractivity contribution is 7.94. The fourth-order valence-corrected chi connectivity index (χ4v) is 7.78. The molecule has 1 aromatic heterocycles. The van der Waals surface area contributed by atoms with Gasteiger partial charge >= 0.3 is 0 Å². The lowest BCUT2D eigenvalue weighted by Gasteiger charge is -2.26. The normalized spacial score (nSPS) is 15.0. The summed E-state index contributed by atoms with van der Waals surface area (Å²) in [5.74, 6) is -0.649. The Kier molecular flexibility index (Phi) is 7.71. The number of morpholine rings is 1. The van der Waals surface area contributed by atoms with Crippen molar-refractivity contribution < 1.29 is 26.4 Å². The second-order valence-corrected chi connectivity index (χ2v) is 13.3. The average Bonchev–Trinajstić information content (AvgIpc) is 3.28. The quantitative estimate of drug-likeness (QED) is 0.436. The fourth-order valence-electron chi connectivity index (χ4n) is 3.31. The Labute approximate surface area is 216 Å². The van der Waals surface area contributed by atoms with Crippen molar-refractivity contribution in [1.29, 1.82) is 0 Å². The maximum absolute atomic E-state index is 13.1. The molecule has 14 heteroatoms. The van der Waals surface area contributed by atoms with Crippen molar-refractivity contribution in [2.75, 3.05) is 36.3 Å². The largest absolute Gasteiger partial charge is 0.379 e. The highest BCUT2D eigenvalue weighted by atomic mass is 35.5. The first-order valence-electron chi connectivity index (χ1n) is 10.1. The number of anilines is 2. The first kappa shape index (κ1) is 25.9. The van der Waals surface area contributed by atoms with Gasteiger partial charge in [-0.2, -0.15) is 4.31 Å². The molecule has 186 valence electrons. The lowest BCUT2D eigenvalue weighted by molar-refractivity contribution is 0.0730. The van der Waals surface area contributed by atoms with Crippen molar-refractivity contribution in [1.82, 2.24) is 4.31 Å². The predicted molar refractivity (Wildman–Crippen MR) is 136 cm³/mol. The van der Waals surface area contributed by atoms with Crippen molar-refractivity contribution in [3.05, 3.63) is 69.5 Å². The third-order valence-electron chi connectivity index (χ3n) is 5.01. The first-order chi connectivity index (χ1) is 16.6. The van der Waals surface area contributed by atoms with E-state index in [2.05, 4.69) is 10.0 Å². The van der Waals surface area contributed by atoms with E-state index in [0.717, 1.165) is 11.3 Å². The molecule has 0 saturated carbocycles. The van der Waals surface area contributed by atoms with E-state index in [1.807, 2.05) is 0 Å². The van der Waals surface area contributed by atoms with Crippen LogP contribution < -0.4 is 10.0 Å². The molecule has 1 saturated heterocycles. The molecule has 0 atom stereocenters. The molecule has 2 N–H and O–H groups in total. The van der Waals surface area contributed by atoms with Crippen molar-refractivity contribution >= 4 is 71.9 Å². The molecule has 1 aliphatic rings. The summed E-state index contributed by atoms with van der Waals surface area (Å²) in [4.78, 5) is 12.9. The predicted octanol–water partition coefficient (Wildman–Crippen LogP) is 4.13. The number of carbonyl (C=O) groups excluding carboxylic acids is 1. The molecular weight excluding hydrogens is 557 g/mol. The summed E-state index contributed by atoms with van der Waals surface area (Å²) in [5, 5.41) is 2.62. The van der Waals surface area contributed by atoms with E-state index in [4.69, 9.17) is 27.9 Å². The van der Waals surface area contributed by atoms with Crippen LogP contribution in [0.25, 0.3) is 0 Å². The van der Waals surface area contributed by atoms with E-state index in [1.54, 1.807) is 12.1 Å². The minimum atomic E-state index is -3.97. The van der Waals surface area contributed by atoms with Crippen LogP contribution in [0.2, 0.25) is 9.36 Å². The van der Waals surface area contributed by atoms with Crippen LogP contribution in [0.5, 0.6) is 0 Å². The van der Waals surface area contributed by atoms with Crippen molar-refractivity contribution in [3.8, 4) is 0 Å². The lowest BCUT2D eigenvalue weighted by Crippen LogP contribution is -2.40. The number of nitrogens with zero attached hydrogens (tertiary/aromatic N) is 1. The fraction of sp³-hybridized carbons (Fsp3) is 0.190. The molecular formula is C21H19Cl2N3O6S3. The number of para-hydroxylation sites is 1. The molecule has 4 rings (SSSR count). The van der Waals surface area contributed by atoms with Gasteiger partial charge in [-0.25, -0.2) is 16.8 Å². The summed E-state index contributed by atoms with van der Waals surface area (Å²) in [6.45, 7) is 0.936. The topological polar surface area (TPSA) is 122 Å². The SMILES string of the molecule is O=C(Nc1ccc(Cl)c(S(=O)(=O)N2CCOCC2)c1)c1ccccc1NS(=O)(=O)c1ccc(Cl)s1.